The summed E-state index contributed by atoms with van der Waals surface area (Å²) in [6.07, 6.45) is 0.301. The molecule has 1 aromatic rings. The zero-order valence-electron chi connectivity index (χ0n) is 12.2. The van der Waals surface area contributed by atoms with Crippen LogP contribution in [0.25, 0.3) is 0 Å². The highest BCUT2D eigenvalue weighted by Gasteiger charge is 2.17. The maximum atomic E-state index is 12.1. The predicted octanol–water partition coefficient (Wildman–Crippen LogP) is 3.39. The predicted molar refractivity (Wildman–Crippen MR) is 85.8 cm³/mol. The Kier molecular flexibility index (Phi) is 7.61. The molecular formula is C15H20ClNO3S. The van der Waals surface area contributed by atoms with E-state index in [0.29, 0.717) is 23.7 Å². The normalized spacial score (nSPS) is 10.7. The van der Waals surface area contributed by atoms with E-state index in [4.69, 9.17) is 16.7 Å². The van der Waals surface area contributed by atoms with Gasteiger partial charge in [-0.3, -0.25) is 9.59 Å². The molecule has 4 nitrogen and oxygen atoms in total. The first kappa shape index (κ1) is 17.9. The molecule has 21 heavy (non-hydrogen) atoms. The molecule has 0 aliphatic carbocycles. The maximum Gasteiger partial charge on any atom is 0.323 e. The molecule has 1 aromatic carbocycles. The Balaban J connectivity index is 2.49. The summed E-state index contributed by atoms with van der Waals surface area (Å²) in [6.45, 7) is 4.14. The van der Waals surface area contributed by atoms with Crippen molar-refractivity contribution in [1.82, 2.24) is 4.90 Å². The number of carbonyl (C=O) groups excluding carboxylic acids is 1. The topological polar surface area (TPSA) is 57.6 Å². The van der Waals surface area contributed by atoms with Crippen LogP contribution in [0.2, 0.25) is 5.02 Å². The monoisotopic (exact) mass is 329 g/mol. The van der Waals surface area contributed by atoms with Crippen molar-refractivity contribution in [3.05, 3.63) is 29.3 Å². The van der Waals surface area contributed by atoms with Gasteiger partial charge in [0.15, 0.2) is 0 Å². The van der Waals surface area contributed by atoms with E-state index in [0.717, 1.165) is 4.90 Å². The Morgan fingerprint density at radius 2 is 2.00 bits per heavy atom. The first-order chi connectivity index (χ1) is 9.90. The molecule has 1 amide bonds. The molecule has 6 heteroatoms. The van der Waals surface area contributed by atoms with E-state index in [1.54, 1.807) is 6.07 Å². The summed E-state index contributed by atoms with van der Waals surface area (Å²) in [5.41, 5.74) is 0. The third-order valence-corrected chi connectivity index (χ3v) is 4.19. The van der Waals surface area contributed by atoms with Gasteiger partial charge >= 0.3 is 5.97 Å². The number of aliphatic carboxylic acids is 1. The minimum Gasteiger partial charge on any atom is -0.480 e. The number of carboxylic acid groups (broad SMARTS) is 1. The summed E-state index contributed by atoms with van der Waals surface area (Å²) in [5, 5.41) is 9.54. The van der Waals surface area contributed by atoms with Crippen LogP contribution in [-0.2, 0) is 9.59 Å². The molecule has 0 aromatic heterocycles. The molecule has 116 valence electrons. The number of rotatable bonds is 8. The molecule has 0 heterocycles. The van der Waals surface area contributed by atoms with Crippen molar-refractivity contribution < 1.29 is 14.7 Å². The summed E-state index contributed by atoms with van der Waals surface area (Å²) in [5.74, 6) is -0.297. The summed E-state index contributed by atoms with van der Waals surface area (Å²) >= 11 is 7.55. The smallest absolute Gasteiger partial charge is 0.323 e. The van der Waals surface area contributed by atoms with Crippen LogP contribution >= 0.6 is 23.4 Å². The molecule has 0 radical (unpaired) electrons. The van der Waals surface area contributed by atoms with E-state index in [2.05, 4.69) is 0 Å². The van der Waals surface area contributed by atoms with Crippen LogP contribution in [0.1, 0.15) is 20.3 Å². The van der Waals surface area contributed by atoms with Gasteiger partial charge in [0.25, 0.3) is 0 Å². The van der Waals surface area contributed by atoms with Crippen LogP contribution in [0.5, 0.6) is 0 Å². The quantitative estimate of drug-likeness (QED) is 0.743. The second kappa shape index (κ2) is 8.95. The summed E-state index contributed by atoms with van der Waals surface area (Å²) in [4.78, 5) is 25.3. The van der Waals surface area contributed by atoms with Gasteiger partial charge in [-0.25, -0.2) is 0 Å². The number of carbonyl (C=O) groups is 2. The molecule has 0 unspecified atom stereocenters. The summed E-state index contributed by atoms with van der Waals surface area (Å²) < 4.78 is 0. The van der Waals surface area contributed by atoms with Crippen LogP contribution in [0.3, 0.4) is 0 Å². The van der Waals surface area contributed by atoms with Crippen LogP contribution in [-0.4, -0.2) is 40.7 Å². The zero-order valence-corrected chi connectivity index (χ0v) is 13.8. The number of amides is 1. The van der Waals surface area contributed by atoms with E-state index < -0.39 is 5.97 Å². The number of hydrogen-bond acceptors (Lipinski definition) is 3. The first-order valence-corrected chi connectivity index (χ1v) is 8.13. The lowest BCUT2D eigenvalue weighted by Crippen LogP contribution is -2.38. The van der Waals surface area contributed by atoms with E-state index in [1.165, 1.54) is 16.7 Å². The fourth-order valence-corrected chi connectivity index (χ4v) is 3.00. The Morgan fingerprint density at radius 3 is 2.57 bits per heavy atom. The molecule has 0 saturated carbocycles. The van der Waals surface area contributed by atoms with Crippen LogP contribution in [0, 0.1) is 5.92 Å². The van der Waals surface area contributed by atoms with Gasteiger partial charge in [0.1, 0.15) is 6.54 Å². The number of hydrogen-bond donors (Lipinski definition) is 1. The third kappa shape index (κ3) is 6.87. The molecular weight excluding hydrogens is 310 g/mol. The van der Waals surface area contributed by atoms with E-state index in [1.807, 2.05) is 32.0 Å². The highest BCUT2D eigenvalue weighted by Crippen LogP contribution is 2.27. The van der Waals surface area contributed by atoms with Crippen molar-refractivity contribution in [2.24, 2.45) is 5.92 Å². The second-order valence-corrected chi connectivity index (χ2v) is 6.63. The Hall–Kier alpha value is -1.20. The van der Waals surface area contributed by atoms with Crippen molar-refractivity contribution in [3.63, 3.8) is 0 Å². The lowest BCUT2D eigenvalue weighted by Gasteiger charge is -2.22. The fourth-order valence-electron chi connectivity index (χ4n) is 1.83. The van der Waals surface area contributed by atoms with Crippen LogP contribution < -0.4 is 0 Å². The van der Waals surface area contributed by atoms with Crippen molar-refractivity contribution >= 4 is 35.2 Å². The third-order valence-electron chi connectivity index (χ3n) is 2.67. The Bertz CT molecular complexity index is 494. The Labute approximate surface area is 134 Å². The van der Waals surface area contributed by atoms with Gasteiger partial charge in [-0.1, -0.05) is 37.6 Å². The van der Waals surface area contributed by atoms with Gasteiger partial charge in [-0.2, -0.15) is 0 Å². The van der Waals surface area contributed by atoms with E-state index in [-0.39, 0.29) is 18.4 Å². The number of carboxylic acids is 1. The first-order valence-electron chi connectivity index (χ1n) is 6.77. The second-order valence-electron chi connectivity index (χ2n) is 5.09. The fraction of sp³-hybridized carbons (Fsp3) is 0.467. The van der Waals surface area contributed by atoms with Gasteiger partial charge in [0.2, 0.25) is 5.91 Å². The molecule has 0 aliphatic rings. The maximum absolute atomic E-state index is 12.1. The number of nitrogens with zero attached hydrogens (tertiary/aromatic N) is 1. The largest absolute Gasteiger partial charge is 0.480 e. The summed E-state index contributed by atoms with van der Waals surface area (Å²) in [6, 6.07) is 7.46. The number of benzene rings is 1. The average molecular weight is 330 g/mol. The minimum absolute atomic E-state index is 0.134. The molecule has 1 rings (SSSR count). The average Bonchev–Trinajstić information content (AvgIpc) is 2.39. The Morgan fingerprint density at radius 1 is 1.33 bits per heavy atom. The van der Waals surface area contributed by atoms with Gasteiger partial charge in [-0.05, 0) is 18.1 Å². The molecule has 1 N–H and O–H groups in total. The number of thioether (sulfide) groups is 1. The molecule has 0 atom stereocenters. The number of halogens is 1. The molecule has 0 bridgehead atoms. The SMILES string of the molecule is CC(C)CN(CC(=O)O)C(=O)CCSc1ccccc1Cl. The van der Waals surface area contributed by atoms with Crippen molar-refractivity contribution in [2.75, 3.05) is 18.8 Å². The lowest BCUT2D eigenvalue weighted by molar-refractivity contribution is -0.144. The van der Waals surface area contributed by atoms with E-state index >= 15 is 0 Å². The molecule has 0 saturated heterocycles. The highest BCUT2D eigenvalue weighted by molar-refractivity contribution is 7.99. The molecule has 0 spiro atoms. The van der Waals surface area contributed by atoms with Crippen molar-refractivity contribution in [1.29, 1.82) is 0 Å². The van der Waals surface area contributed by atoms with Crippen LogP contribution in [0.15, 0.2) is 29.2 Å². The van der Waals surface area contributed by atoms with Gasteiger partial charge < -0.3 is 10.0 Å². The van der Waals surface area contributed by atoms with Crippen molar-refractivity contribution in [2.45, 2.75) is 25.2 Å². The summed E-state index contributed by atoms with van der Waals surface area (Å²) in [7, 11) is 0. The lowest BCUT2D eigenvalue weighted by atomic mass is 10.2. The van der Waals surface area contributed by atoms with Crippen LogP contribution in [0.4, 0.5) is 0 Å². The standard InChI is InChI=1S/C15H20ClNO3S/c1-11(2)9-17(10-15(19)20)14(18)7-8-21-13-6-4-3-5-12(13)16/h3-6,11H,7-10H2,1-2H3,(H,19,20). The highest BCUT2D eigenvalue weighted by atomic mass is 35.5. The van der Waals surface area contributed by atoms with Gasteiger partial charge in [0.05, 0.1) is 5.02 Å². The molecule has 0 aliphatic heterocycles. The zero-order chi connectivity index (χ0) is 15.8. The van der Waals surface area contributed by atoms with Crippen molar-refractivity contribution in [3.8, 4) is 0 Å². The molecule has 0 fully saturated rings. The van der Waals surface area contributed by atoms with Gasteiger partial charge in [0, 0.05) is 23.6 Å². The van der Waals surface area contributed by atoms with E-state index in [9.17, 15) is 9.59 Å². The van der Waals surface area contributed by atoms with Gasteiger partial charge in [-0.15, -0.1) is 11.8 Å². The minimum atomic E-state index is -0.984.